The normalized spacial score (nSPS) is 12.6. The molecule has 1 atom stereocenters. The van der Waals surface area contributed by atoms with Crippen LogP contribution >= 0.6 is 0 Å². The Balaban J connectivity index is 3.71. The summed E-state index contributed by atoms with van der Waals surface area (Å²) in [6, 6.07) is 0. The molecule has 0 aliphatic heterocycles. The first kappa shape index (κ1) is 32.1. The molecule has 0 heterocycles. The second-order valence-electron chi connectivity index (χ2n) is 8.47. The quantitative estimate of drug-likeness (QED) is 0.105. The van der Waals surface area contributed by atoms with Crippen LogP contribution in [-0.2, 0) is 28.7 Å². The van der Waals surface area contributed by atoms with Gasteiger partial charge < -0.3 is 15.5 Å². The second-order valence-corrected chi connectivity index (χ2v) is 10.2. The lowest BCUT2D eigenvalue weighted by atomic mass is 10.1. The van der Waals surface area contributed by atoms with Crippen LogP contribution in [0.5, 0.6) is 0 Å². The first-order valence-corrected chi connectivity index (χ1v) is 14.0. The summed E-state index contributed by atoms with van der Waals surface area (Å²) in [4.78, 5) is 33.3. The van der Waals surface area contributed by atoms with Crippen LogP contribution in [-0.4, -0.2) is 54.9 Å². The molecule has 0 rings (SSSR count). The first-order valence-electron chi connectivity index (χ1n) is 12.4. The molecular weight excluding hydrogens is 462 g/mol. The van der Waals surface area contributed by atoms with E-state index in [0.29, 0.717) is 6.42 Å². The Bertz CT molecular complexity index is 706. The maximum Gasteiger partial charge on any atom is 0.334 e. The number of hydrogen-bond acceptors (Lipinski definition) is 6. The average molecular weight is 506 g/mol. The van der Waals surface area contributed by atoms with Gasteiger partial charge in [0.05, 0.1) is 12.2 Å². The molecule has 0 aromatic carbocycles. The number of aliphatic carboxylic acids is 2. The van der Waals surface area contributed by atoms with Crippen LogP contribution in [0.15, 0.2) is 12.2 Å². The molecule has 0 aliphatic rings. The monoisotopic (exact) mass is 505 g/mol. The number of carbonyl (C=O) groups excluding carboxylic acids is 1. The van der Waals surface area contributed by atoms with Crippen molar-refractivity contribution in [1.82, 2.24) is 5.32 Å². The van der Waals surface area contributed by atoms with E-state index in [1.165, 1.54) is 38.5 Å². The van der Waals surface area contributed by atoms with E-state index in [4.69, 9.17) is 10.2 Å². The SMILES string of the molecule is CCCCCCCC/C=C/CCCCCCCC(=O)NCCS(=O)(=O)OC(CC(=O)O)C(=O)O. The van der Waals surface area contributed by atoms with Gasteiger partial charge in [0.2, 0.25) is 5.91 Å². The van der Waals surface area contributed by atoms with Crippen molar-refractivity contribution in [2.24, 2.45) is 0 Å². The number of rotatable bonds is 23. The number of unbranched alkanes of at least 4 members (excludes halogenated alkanes) is 11. The molecule has 0 radical (unpaired) electrons. The standard InChI is InChI=1S/C24H43NO8S/c1-2-3-4-5-6-7-8-9-10-11-12-13-14-15-16-17-22(26)25-18-19-34(31,32)33-21(24(29)30)20-23(27)28/h9-10,21H,2-8,11-20H2,1H3,(H,25,26)(H,27,28)(H,29,30)/b10-9+. The van der Waals surface area contributed by atoms with Gasteiger partial charge in [-0.05, 0) is 32.1 Å². The lowest BCUT2D eigenvalue weighted by molar-refractivity contribution is -0.151. The molecule has 198 valence electrons. The van der Waals surface area contributed by atoms with Crippen LogP contribution in [0.2, 0.25) is 0 Å². The van der Waals surface area contributed by atoms with E-state index in [9.17, 15) is 22.8 Å². The lowest BCUT2D eigenvalue weighted by Crippen LogP contribution is -2.34. The van der Waals surface area contributed by atoms with Crippen LogP contribution in [0.4, 0.5) is 0 Å². The van der Waals surface area contributed by atoms with E-state index in [1.807, 2.05) is 0 Å². The van der Waals surface area contributed by atoms with E-state index in [-0.39, 0.29) is 18.9 Å². The summed E-state index contributed by atoms with van der Waals surface area (Å²) in [6.45, 7) is 2.00. The maximum absolute atomic E-state index is 11.8. The molecule has 9 nitrogen and oxygen atoms in total. The third-order valence-corrected chi connectivity index (χ3v) is 6.47. The summed E-state index contributed by atoms with van der Waals surface area (Å²) in [7, 11) is -4.28. The second kappa shape index (κ2) is 20.4. The lowest BCUT2D eigenvalue weighted by Gasteiger charge is -2.12. The Morgan fingerprint density at radius 2 is 1.38 bits per heavy atom. The Kier molecular flexibility index (Phi) is 19.3. The highest BCUT2D eigenvalue weighted by Crippen LogP contribution is 2.10. The number of carboxylic acids is 2. The van der Waals surface area contributed by atoms with Gasteiger partial charge in [0.15, 0.2) is 6.10 Å². The fourth-order valence-electron chi connectivity index (χ4n) is 3.31. The number of carbonyl (C=O) groups is 3. The number of allylic oxidation sites excluding steroid dienone is 2. The van der Waals surface area contributed by atoms with Gasteiger partial charge >= 0.3 is 11.9 Å². The Morgan fingerprint density at radius 1 is 0.853 bits per heavy atom. The Labute approximate surface area is 204 Å². The molecule has 0 spiro atoms. The van der Waals surface area contributed by atoms with E-state index >= 15 is 0 Å². The first-order chi connectivity index (χ1) is 16.2. The van der Waals surface area contributed by atoms with Crippen molar-refractivity contribution in [2.45, 2.75) is 109 Å². The smallest absolute Gasteiger partial charge is 0.334 e. The Morgan fingerprint density at radius 3 is 1.91 bits per heavy atom. The van der Waals surface area contributed by atoms with Gasteiger partial charge in [-0.15, -0.1) is 0 Å². The van der Waals surface area contributed by atoms with E-state index in [0.717, 1.165) is 38.5 Å². The largest absolute Gasteiger partial charge is 0.481 e. The molecule has 34 heavy (non-hydrogen) atoms. The molecule has 0 saturated carbocycles. The zero-order chi connectivity index (χ0) is 25.7. The van der Waals surface area contributed by atoms with Crippen molar-refractivity contribution in [3.8, 4) is 0 Å². The average Bonchev–Trinajstić information content (AvgIpc) is 2.75. The summed E-state index contributed by atoms with van der Waals surface area (Å²) in [5, 5.41) is 19.9. The van der Waals surface area contributed by atoms with Crippen LogP contribution in [0.3, 0.4) is 0 Å². The van der Waals surface area contributed by atoms with Gasteiger partial charge in [-0.25, -0.2) is 4.79 Å². The summed E-state index contributed by atoms with van der Waals surface area (Å²) >= 11 is 0. The third-order valence-electron chi connectivity index (χ3n) is 5.24. The molecule has 1 amide bonds. The van der Waals surface area contributed by atoms with Gasteiger partial charge in [0.25, 0.3) is 10.1 Å². The number of nitrogens with one attached hydrogen (secondary N) is 1. The third kappa shape index (κ3) is 20.7. The maximum atomic E-state index is 11.8. The molecular formula is C24H43NO8S. The summed E-state index contributed by atoms with van der Waals surface area (Å²) in [5.74, 6) is -4.09. The molecule has 0 aromatic rings. The van der Waals surface area contributed by atoms with Crippen molar-refractivity contribution >= 4 is 28.0 Å². The van der Waals surface area contributed by atoms with Crippen LogP contribution in [0, 0.1) is 0 Å². The highest BCUT2D eigenvalue weighted by Gasteiger charge is 2.28. The summed E-state index contributed by atoms with van der Waals surface area (Å²) in [6.07, 6.45) is 16.9. The van der Waals surface area contributed by atoms with E-state index in [1.54, 1.807) is 0 Å². The topological polar surface area (TPSA) is 147 Å². The Hall–Kier alpha value is -1.94. The highest BCUT2D eigenvalue weighted by molar-refractivity contribution is 7.86. The van der Waals surface area contributed by atoms with E-state index < -0.39 is 40.3 Å². The zero-order valence-electron chi connectivity index (χ0n) is 20.5. The minimum atomic E-state index is -4.28. The van der Waals surface area contributed by atoms with Gasteiger partial charge in [-0.1, -0.05) is 70.4 Å². The number of hydrogen-bond donors (Lipinski definition) is 3. The van der Waals surface area contributed by atoms with Gasteiger partial charge in [0.1, 0.15) is 0 Å². The van der Waals surface area contributed by atoms with Crippen molar-refractivity contribution in [3.05, 3.63) is 12.2 Å². The molecule has 0 fully saturated rings. The fourth-order valence-corrected chi connectivity index (χ4v) is 4.26. The van der Waals surface area contributed by atoms with Gasteiger partial charge in [-0.3, -0.25) is 13.8 Å². The predicted molar refractivity (Wildman–Crippen MR) is 131 cm³/mol. The minimum absolute atomic E-state index is 0.231. The molecule has 10 heteroatoms. The van der Waals surface area contributed by atoms with Crippen LogP contribution in [0.1, 0.15) is 103 Å². The molecule has 0 aliphatic carbocycles. The van der Waals surface area contributed by atoms with Gasteiger partial charge in [0, 0.05) is 13.0 Å². The van der Waals surface area contributed by atoms with E-state index in [2.05, 4.69) is 28.6 Å². The molecule has 1 unspecified atom stereocenters. The summed E-state index contributed by atoms with van der Waals surface area (Å²) < 4.78 is 28.0. The minimum Gasteiger partial charge on any atom is -0.481 e. The van der Waals surface area contributed by atoms with Crippen molar-refractivity contribution < 1.29 is 37.2 Å². The van der Waals surface area contributed by atoms with Crippen LogP contribution < -0.4 is 5.32 Å². The number of carboxylic acid groups (broad SMARTS) is 2. The summed E-state index contributed by atoms with van der Waals surface area (Å²) in [5.41, 5.74) is 0. The van der Waals surface area contributed by atoms with Crippen molar-refractivity contribution in [3.63, 3.8) is 0 Å². The van der Waals surface area contributed by atoms with Crippen molar-refractivity contribution in [1.29, 1.82) is 0 Å². The van der Waals surface area contributed by atoms with Crippen LogP contribution in [0.25, 0.3) is 0 Å². The van der Waals surface area contributed by atoms with Crippen molar-refractivity contribution in [2.75, 3.05) is 12.3 Å². The zero-order valence-corrected chi connectivity index (χ0v) is 21.3. The fraction of sp³-hybridized carbons (Fsp3) is 0.792. The molecule has 0 aromatic heterocycles. The predicted octanol–water partition coefficient (Wildman–Crippen LogP) is 4.41. The highest BCUT2D eigenvalue weighted by atomic mass is 32.2. The molecule has 0 bridgehead atoms. The molecule has 3 N–H and O–H groups in total. The molecule has 0 saturated heterocycles. The van der Waals surface area contributed by atoms with Gasteiger partial charge in [-0.2, -0.15) is 8.42 Å². The number of amides is 1.